The van der Waals surface area contributed by atoms with Gasteiger partial charge in [-0.2, -0.15) is 0 Å². The van der Waals surface area contributed by atoms with E-state index < -0.39 is 17.9 Å². The Hall–Kier alpha value is -3.49. The van der Waals surface area contributed by atoms with E-state index in [9.17, 15) is 14.4 Å². The van der Waals surface area contributed by atoms with Gasteiger partial charge in [0.2, 0.25) is 0 Å². The second-order valence-corrected chi connectivity index (χ2v) is 9.47. The molecular weight excluding hydrogens is 524 g/mol. The van der Waals surface area contributed by atoms with Gasteiger partial charge < -0.3 is 20.1 Å². The van der Waals surface area contributed by atoms with Gasteiger partial charge in [-0.1, -0.05) is 48.5 Å². The molecule has 1 atom stereocenters. The van der Waals surface area contributed by atoms with Crippen molar-refractivity contribution in [3.05, 3.63) is 99.0 Å². The molecule has 36 heavy (non-hydrogen) atoms. The van der Waals surface area contributed by atoms with Crippen LogP contribution >= 0.6 is 15.9 Å². The lowest BCUT2D eigenvalue weighted by atomic mass is 9.96. The van der Waals surface area contributed by atoms with E-state index in [0.29, 0.717) is 39.0 Å². The first-order valence-corrected chi connectivity index (χ1v) is 12.2. The summed E-state index contributed by atoms with van der Waals surface area (Å²) in [4.78, 5) is 39.7. The lowest BCUT2D eigenvalue weighted by Gasteiger charge is -2.15. The zero-order valence-electron chi connectivity index (χ0n) is 20.5. The van der Waals surface area contributed by atoms with Crippen LogP contribution in [0.1, 0.15) is 50.2 Å². The molecule has 0 saturated carbocycles. The van der Waals surface area contributed by atoms with Crippen LogP contribution in [-0.4, -0.2) is 49.9 Å². The van der Waals surface area contributed by atoms with Crippen molar-refractivity contribution < 1.29 is 23.9 Å². The third-order valence-corrected chi connectivity index (χ3v) is 6.19. The van der Waals surface area contributed by atoms with Crippen molar-refractivity contribution in [1.29, 1.82) is 0 Å². The van der Waals surface area contributed by atoms with Crippen LogP contribution in [0.2, 0.25) is 0 Å². The van der Waals surface area contributed by atoms with Crippen molar-refractivity contribution in [2.24, 2.45) is 0 Å². The fraction of sp³-hybridized carbons (Fsp3) is 0.250. The summed E-state index contributed by atoms with van der Waals surface area (Å²) in [6.45, 7) is 2.10. The number of anilines is 1. The topological polar surface area (TPSA) is 98.9 Å². The molecule has 8 heteroatoms. The molecule has 0 fully saturated rings. The number of halogens is 1. The van der Waals surface area contributed by atoms with Crippen molar-refractivity contribution in [2.45, 2.75) is 19.4 Å². The molecule has 0 aromatic heterocycles. The van der Waals surface area contributed by atoms with Gasteiger partial charge in [-0.3, -0.25) is 9.59 Å². The summed E-state index contributed by atoms with van der Waals surface area (Å²) >= 11 is 3.38. The molecule has 3 rings (SSSR count). The van der Waals surface area contributed by atoms with Gasteiger partial charge in [0.05, 0.1) is 17.2 Å². The van der Waals surface area contributed by atoms with Crippen LogP contribution in [0.4, 0.5) is 5.69 Å². The molecule has 3 aromatic rings. The molecule has 0 saturated heterocycles. The summed E-state index contributed by atoms with van der Waals surface area (Å²) in [5.41, 5.74) is 9.55. The van der Waals surface area contributed by atoms with E-state index in [0.717, 1.165) is 5.56 Å². The minimum absolute atomic E-state index is 0.0851. The van der Waals surface area contributed by atoms with E-state index >= 15 is 0 Å². The molecular formula is C28H29BrN2O5. The van der Waals surface area contributed by atoms with Gasteiger partial charge >= 0.3 is 11.9 Å². The molecule has 1 unspecified atom stereocenters. The van der Waals surface area contributed by atoms with Crippen LogP contribution in [0.3, 0.4) is 0 Å². The third-order valence-electron chi connectivity index (χ3n) is 5.54. The van der Waals surface area contributed by atoms with Crippen molar-refractivity contribution in [2.75, 3.05) is 33.0 Å². The van der Waals surface area contributed by atoms with Gasteiger partial charge in [0.25, 0.3) is 0 Å². The maximum atomic E-state index is 12.7. The standard InChI is InChI=1S/C28H29BrN2O5/c1-18(20-10-7-11-21(14-20)26(32)19-8-5-4-6-9-19)27(33)35-12-13-36-28(34)22-15-23(17-31(2)3)25(30)24(29)16-22/h4-11,14-16,18H,12-13,17,30H2,1-3H3. The highest BCUT2D eigenvalue weighted by atomic mass is 79.9. The van der Waals surface area contributed by atoms with E-state index in [1.54, 1.807) is 67.6 Å². The first-order chi connectivity index (χ1) is 17.2. The Morgan fingerprint density at radius 3 is 2.25 bits per heavy atom. The van der Waals surface area contributed by atoms with Crippen molar-refractivity contribution in [3.8, 4) is 0 Å². The number of ether oxygens (including phenoxy) is 2. The van der Waals surface area contributed by atoms with E-state index in [2.05, 4.69) is 15.9 Å². The van der Waals surface area contributed by atoms with Crippen LogP contribution in [-0.2, 0) is 20.8 Å². The average molecular weight is 553 g/mol. The van der Waals surface area contributed by atoms with E-state index in [1.807, 2.05) is 25.1 Å². The minimum Gasteiger partial charge on any atom is -0.462 e. The van der Waals surface area contributed by atoms with E-state index in [1.165, 1.54) is 0 Å². The average Bonchev–Trinajstić information content (AvgIpc) is 2.88. The summed E-state index contributed by atoms with van der Waals surface area (Å²) in [5, 5.41) is 0. The molecule has 0 spiro atoms. The minimum atomic E-state index is -0.592. The quantitative estimate of drug-likeness (QED) is 0.166. The van der Waals surface area contributed by atoms with Crippen LogP contribution in [0.5, 0.6) is 0 Å². The highest BCUT2D eigenvalue weighted by Gasteiger charge is 2.19. The molecule has 0 heterocycles. The molecule has 0 radical (unpaired) electrons. The van der Waals surface area contributed by atoms with Crippen LogP contribution in [0, 0.1) is 0 Å². The SMILES string of the molecule is CC(C(=O)OCCOC(=O)c1cc(Br)c(N)c(CN(C)C)c1)c1cccc(C(=O)c2ccccc2)c1. The zero-order valence-corrected chi connectivity index (χ0v) is 22.1. The number of carbonyl (C=O) groups is 3. The number of nitrogen functional groups attached to an aromatic ring is 1. The Morgan fingerprint density at radius 1 is 0.889 bits per heavy atom. The maximum absolute atomic E-state index is 12.7. The molecule has 0 aliphatic rings. The number of hydrogen-bond donors (Lipinski definition) is 1. The number of ketones is 1. The number of hydrogen-bond acceptors (Lipinski definition) is 7. The fourth-order valence-electron chi connectivity index (χ4n) is 3.59. The van der Waals surface area contributed by atoms with Crippen LogP contribution in [0.25, 0.3) is 0 Å². The summed E-state index contributed by atoms with van der Waals surface area (Å²) < 4.78 is 11.2. The largest absolute Gasteiger partial charge is 0.462 e. The summed E-state index contributed by atoms with van der Waals surface area (Å²) in [5.74, 6) is -1.72. The monoisotopic (exact) mass is 552 g/mol. The van der Waals surface area contributed by atoms with Crippen LogP contribution in [0.15, 0.2) is 71.2 Å². The van der Waals surface area contributed by atoms with Gasteiger partial charge in [0.1, 0.15) is 13.2 Å². The highest BCUT2D eigenvalue weighted by Crippen LogP contribution is 2.27. The summed E-state index contributed by atoms with van der Waals surface area (Å²) in [7, 11) is 3.82. The maximum Gasteiger partial charge on any atom is 0.338 e. The second-order valence-electron chi connectivity index (χ2n) is 8.61. The number of rotatable bonds is 10. The smallest absolute Gasteiger partial charge is 0.338 e. The Morgan fingerprint density at radius 2 is 1.56 bits per heavy atom. The van der Waals surface area contributed by atoms with E-state index in [-0.39, 0.29) is 19.0 Å². The molecule has 0 amide bonds. The number of esters is 2. The van der Waals surface area contributed by atoms with Gasteiger partial charge in [-0.25, -0.2) is 4.79 Å². The predicted molar refractivity (Wildman–Crippen MR) is 142 cm³/mol. The first-order valence-electron chi connectivity index (χ1n) is 11.4. The third kappa shape index (κ3) is 7.02. The molecule has 7 nitrogen and oxygen atoms in total. The molecule has 0 aliphatic heterocycles. The molecule has 188 valence electrons. The Balaban J connectivity index is 1.54. The van der Waals surface area contributed by atoms with Gasteiger partial charge in [0, 0.05) is 22.1 Å². The first kappa shape index (κ1) is 27.1. The fourth-order valence-corrected chi connectivity index (χ4v) is 4.09. The number of benzene rings is 3. The summed E-state index contributed by atoms with van der Waals surface area (Å²) in [6.07, 6.45) is 0. The number of nitrogens with zero attached hydrogens (tertiary/aromatic N) is 1. The van der Waals surface area contributed by atoms with Crippen LogP contribution < -0.4 is 5.73 Å². The predicted octanol–water partition coefficient (Wildman–Crippen LogP) is 4.83. The zero-order chi connectivity index (χ0) is 26.2. The second kappa shape index (κ2) is 12.5. The van der Waals surface area contributed by atoms with Gasteiger partial charge in [-0.15, -0.1) is 0 Å². The highest BCUT2D eigenvalue weighted by molar-refractivity contribution is 9.10. The van der Waals surface area contributed by atoms with Crippen molar-refractivity contribution in [1.82, 2.24) is 4.90 Å². The van der Waals surface area contributed by atoms with Gasteiger partial charge in [-0.05, 0) is 66.3 Å². The van der Waals surface area contributed by atoms with Gasteiger partial charge in [0.15, 0.2) is 5.78 Å². The summed E-state index contributed by atoms with van der Waals surface area (Å²) in [6, 6.07) is 19.2. The number of nitrogens with two attached hydrogens (primary N) is 1. The lowest BCUT2D eigenvalue weighted by molar-refractivity contribution is -0.146. The van der Waals surface area contributed by atoms with Crippen molar-refractivity contribution in [3.63, 3.8) is 0 Å². The molecule has 2 N–H and O–H groups in total. The Kier molecular flexibility index (Phi) is 9.38. The van der Waals surface area contributed by atoms with Crippen molar-refractivity contribution >= 4 is 39.3 Å². The lowest BCUT2D eigenvalue weighted by Crippen LogP contribution is -2.18. The molecule has 0 bridgehead atoms. The number of carbonyl (C=O) groups excluding carboxylic acids is 3. The van der Waals surface area contributed by atoms with E-state index in [4.69, 9.17) is 15.2 Å². The normalized spacial score (nSPS) is 11.7. The molecule has 0 aliphatic carbocycles. The Bertz CT molecular complexity index is 1240. The molecule has 3 aromatic carbocycles. The Labute approximate surface area is 219 Å².